The van der Waals surface area contributed by atoms with Crippen LogP contribution in [0.25, 0.3) is 0 Å². The molecule has 1 N–H and O–H groups in total. The van der Waals surface area contributed by atoms with Gasteiger partial charge in [-0.25, -0.2) is 8.78 Å². The lowest BCUT2D eigenvalue weighted by molar-refractivity contribution is 0.0143. The summed E-state index contributed by atoms with van der Waals surface area (Å²) in [5.41, 5.74) is 0. The molecule has 0 aliphatic carbocycles. The second-order valence-electron chi connectivity index (χ2n) is 4.57. The molecule has 0 saturated heterocycles. The molecule has 0 radical (unpaired) electrons. The second kappa shape index (κ2) is 9.97. The minimum absolute atomic E-state index is 0.386. The Labute approximate surface area is 97.7 Å². The van der Waals surface area contributed by atoms with Gasteiger partial charge in [-0.05, 0) is 25.8 Å². The number of nitrogens with one attached hydrogen (secondary N) is 1. The first-order valence-electron chi connectivity index (χ1n) is 6.09. The zero-order valence-electron chi connectivity index (χ0n) is 10.6. The Bertz CT molecular complexity index is 154. The fraction of sp³-hybridized carbons (Fsp3) is 1.00. The molecule has 0 bridgehead atoms. The molecule has 0 heterocycles. The molecular weight excluding hydrogens is 212 g/mol. The van der Waals surface area contributed by atoms with Crippen LogP contribution in [0.2, 0.25) is 0 Å². The zero-order chi connectivity index (χ0) is 12.4. The first-order valence-corrected chi connectivity index (χ1v) is 6.09. The van der Waals surface area contributed by atoms with Gasteiger partial charge in [0.2, 0.25) is 0 Å². The highest BCUT2D eigenvalue weighted by atomic mass is 19.3. The maximum atomic E-state index is 11.8. The number of alkyl halides is 2. The summed E-state index contributed by atoms with van der Waals surface area (Å²) >= 11 is 0. The van der Waals surface area contributed by atoms with E-state index in [1.165, 1.54) is 12.8 Å². The van der Waals surface area contributed by atoms with Crippen LogP contribution in [0.15, 0.2) is 0 Å². The predicted octanol–water partition coefficient (Wildman–Crippen LogP) is 3.07. The fourth-order valence-electron chi connectivity index (χ4n) is 1.60. The van der Waals surface area contributed by atoms with Gasteiger partial charge in [-0.1, -0.05) is 26.7 Å². The topological polar surface area (TPSA) is 21.3 Å². The molecule has 0 saturated carbocycles. The quantitative estimate of drug-likeness (QED) is 0.590. The van der Waals surface area contributed by atoms with E-state index in [-0.39, 0.29) is 0 Å². The highest BCUT2D eigenvalue weighted by Gasteiger charge is 2.07. The normalized spacial score (nSPS) is 13.7. The predicted molar refractivity (Wildman–Crippen MR) is 63.0 cm³/mol. The van der Waals surface area contributed by atoms with Crippen molar-refractivity contribution in [2.75, 3.05) is 20.3 Å². The van der Waals surface area contributed by atoms with Gasteiger partial charge < -0.3 is 10.1 Å². The summed E-state index contributed by atoms with van der Waals surface area (Å²) in [6, 6.07) is 0.386. The summed E-state index contributed by atoms with van der Waals surface area (Å²) in [6.45, 7) is 4.39. The Hall–Kier alpha value is -0.220. The number of ether oxygens (including phenoxy) is 1. The van der Waals surface area contributed by atoms with E-state index in [2.05, 4.69) is 19.2 Å². The van der Waals surface area contributed by atoms with E-state index < -0.39 is 13.0 Å². The number of rotatable bonds is 10. The summed E-state index contributed by atoms with van der Waals surface area (Å²) in [6.07, 6.45) is 1.94. The molecule has 0 aromatic rings. The average Bonchev–Trinajstić information content (AvgIpc) is 2.20. The Morgan fingerprint density at radius 1 is 1.12 bits per heavy atom. The van der Waals surface area contributed by atoms with Crippen LogP contribution in [-0.2, 0) is 4.74 Å². The third kappa shape index (κ3) is 10.3. The molecule has 0 aromatic heterocycles. The third-order valence-corrected chi connectivity index (χ3v) is 2.60. The average molecular weight is 237 g/mol. The van der Waals surface area contributed by atoms with E-state index in [9.17, 15) is 8.78 Å². The summed E-state index contributed by atoms with van der Waals surface area (Å²) in [5, 5.41) is 3.20. The molecule has 0 aliphatic rings. The summed E-state index contributed by atoms with van der Waals surface area (Å²) in [4.78, 5) is 0. The van der Waals surface area contributed by atoms with Gasteiger partial charge >= 0.3 is 0 Å². The van der Waals surface area contributed by atoms with Gasteiger partial charge in [-0.3, -0.25) is 0 Å². The van der Waals surface area contributed by atoms with Crippen LogP contribution in [0.3, 0.4) is 0 Å². The monoisotopic (exact) mass is 237 g/mol. The number of hydrogen-bond acceptors (Lipinski definition) is 2. The maximum Gasteiger partial charge on any atom is 0.261 e. The smallest absolute Gasteiger partial charge is 0.261 e. The summed E-state index contributed by atoms with van der Waals surface area (Å²) < 4.78 is 28.4. The Morgan fingerprint density at radius 2 is 1.81 bits per heavy atom. The van der Waals surface area contributed by atoms with E-state index in [0.29, 0.717) is 12.6 Å². The molecule has 0 spiro atoms. The van der Waals surface area contributed by atoms with Crippen molar-refractivity contribution in [1.29, 1.82) is 0 Å². The van der Waals surface area contributed by atoms with Crippen molar-refractivity contribution >= 4 is 0 Å². The Morgan fingerprint density at radius 3 is 2.31 bits per heavy atom. The number of hydrogen-bond donors (Lipinski definition) is 1. The zero-order valence-corrected chi connectivity index (χ0v) is 10.6. The van der Waals surface area contributed by atoms with E-state index in [1.54, 1.807) is 0 Å². The van der Waals surface area contributed by atoms with Crippen LogP contribution in [0.5, 0.6) is 0 Å². The lowest BCUT2D eigenvalue weighted by Crippen LogP contribution is -2.27. The molecule has 0 rings (SSSR count). The maximum absolute atomic E-state index is 11.8. The van der Waals surface area contributed by atoms with Gasteiger partial charge in [0.1, 0.15) is 6.61 Å². The number of halogens is 2. The van der Waals surface area contributed by atoms with Crippen molar-refractivity contribution in [2.45, 2.75) is 52.0 Å². The van der Waals surface area contributed by atoms with Crippen LogP contribution < -0.4 is 5.32 Å². The third-order valence-electron chi connectivity index (χ3n) is 2.60. The molecule has 0 amide bonds. The van der Waals surface area contributed by atoms with Crippen molar-refractivity contribution < 1.29 is 13.5 Å². The van der Waals surface area contributed by atoms with Crippen molar-refractivity contribution in [3.63, 3.8) is 0 Å². The standard InChI is InChI=1S/C12H25F2NO/c1-10(2)5-4-6-11(15-3)7-8-16-9-12(13)14/h10-12,15H,4-9H2,1-3H3. The van der Waals surface area contributed by atoms with Crippen molar-refractivity contribution in [1.82, 2.24) is 5.32 Å². The lowest BCUT2D eigenvalue weighted by atomic mass is 10.0. The minimum atomic E-state index is -2.35. The second-order valence-corrected chi connectivity index (χ2v) is 4.57. The van der Waals surface area contributed by atoms with Crippen molar-refractivity contribution in [3.05, 3.63) is 0 Å². The molecule has 1 unspecified atom stereocenters. The van der Waals surface area contributed by atoms with Gasteiger partial charge in [-0.15, -0.1) is 0 Å². The summed E-state index contributed by atoms with van der Waals surface area (Å²) in [5.74, 6) is 0.729. The van der Waals surface area contributed by atoms with Crippen LogP contribution in [-0.4, -0.2) is 32.7 Å². The first-order chi connectivity index (χ1) is 7.56. The molecule has 98 valence electrons. The highest BCUT2D eigenvalue weighted by molar-refractivity contribution is 4.64. The van der Waals surface area contributed by atoms with E-state index >= 15 is 0 Å². The lowest BCUT2D eigenvalue weighted by Gasteiger charge is -2.16. The molecule has 4 heteroatoms. The SMILES string of the molecule is CNC(CCCC(C)C)CCOCC(F)F. The van der Waals surface area contributed by atoms with Crippen molar-refractivity contribution in [2.24, 2.45) is 5.92 Å². The van der Waals surface area contributed by atoms with Crippen LogP contribution in [0, 0.1) is 5.92 Å². The molecule has 0 aromatic carbocycles. The first kappa shape index (κ1) is 15.8. The van der Waals surface area contributed by atoms with Crippen molar-refractivity contribution in [3.8, 4) is 0 Å². The van der Waals surface area contributed by atoms with E-state index in [4.69, 9.17) is 4.74 Å². The largest absolute Gasteiger partial charge is 0.375 e. The molecular formula is C12H25F2NO. The Balaban J connectivity index is 3.44. The molecule has 0 aliphatic heterocycles. The van der Waals surface area contributed by atoms with Gasteiger partial charge in [0, 0.05) is 12.6 Å². The summed E-state index contributed by atoms with van der Waals surface area (Å²) in [7, 11) is 1.91. The highest BCUT2D eigenvalue weighted by Crippen LogP contribution is 2.10. The molecule has 0 fully saturated rings. The van der Waals surface area contributed by atoms with E-state index in [0.717, 1.165) is 18.8 Å². The fourth-order valence-corrected chi connectivity index (χ4v) is 1.60. The molecule has 2 nitrogen and oxygen atoms in total. The van der Waals surface area contributed by atoms with E-state index in [1.807, 2.05) is 7.05 Å². The molecule has 16 heavy (non-hydrogen) atoms. The molecule has 1 atom stereocenters. The Kier molecular flexibility index (Phi) is 9.83. The van der Waals surface area contributed by atoms with Gasteiger partial charge in [0.15, 0.2) is 0 Å². The van der Waals surface area contributed by atoms with Gasteiger partial charge in [-0.2, -0.15) is 0 Å². The van der Waals surface area contributed by atoms with Crippen LogP contribution >= 0.6 is 0 Å². The van der Waals surface area contributed by atoms with Crippen LogP contribution in [0.1, 0.15) is 39.5 Å². The van der Waals surface area contributed by atoms with Gasteiger partial charge in [0.05, 0.1) is 0 Å². The minimum Gasteiger partial charge on any atom is -0.375 e. The van der Waals surface area contributed by atoms with Crippen LogP contribution in [0.4, 0.5) is 8.78 Å². The van der Waals surface area contributed by atoms with Gasteiger partial charge in [0.25, 0.3) is 6.43 Å².